The summed E-state index contributed by atoms with van der Waals surface area (Å²) in [6, 6.07) is 0. The van der Waals surface area contributed by atoms with Crippen LogP contribution in [-0.4, -0.2) is 56.4 Å². The molecule has 1 atom stereocenters. The van der Waals surface area contributed by atoms with Crippen LogP contribution in [0.4, 0.5) is 0 Å². The Bertz CT molecular complexity index is 917. The van der Waals surface area contributed by atoms with E-state index in [4.69, 9.17) is 9.51 Å². The van der Waals surface area contributed by atoms with Gasteiger partial charge in [0.2, 0.25) is 5.91 Å². The van der Waals surface area contributed by atoms with E-state index in [1.807, 2.05) is 29.8 Å². The van der Waals surface area contributed by atoms with E-state index in [1.54, 1.807) is 6.92 Å². The van der Waals surface area contributed by atoms with Crippen molar-refractivity contribution in [2.24, 2.45) is 0 Å². The smallest absolute Gasteiger partial charge is 0.259 e. The molecule has 8 nitrogen and oxygen atoms in total. The van der Waals surface area contributed by atoms with Gasteiger partial charge in [0, 0.05) is 63.6 Å². The molecule has 2 amide bonds. The Kier molecular flexibility index (Phi) is 5.34. The van der Waals surface area contributed by atoms with Gasteiger partial charge >= 0.3 is 0 Å². The summed E-state index contributed by atoms with van der Waals surface area (Å²) in [6.45, 7) is 8.11. The third kappa shape index (κ3) is 3.63. The number of fused-ring (bicyclic) bond motifs is 1. The van der Waals surface area contributed by atoms with Crippen molar-refractivity contribution in [1.82, 2.24) is 24.9 Å². The maximum Gasteiger partial charge on any atom is 0.259 e. The molecule has 29 heavy (non-hydrogen) atoms. The molecule has 4 rings (SSSR count). The van der Waals surface area contributed by atoms with Gasteiger partial charge in [-0.15, -0.1) is 0 Å². The summed E-state index contributed by atoms with van der Waals surface area (Å²) >= 11 is 0. The van der Waals surface area contributed by atoms with E-state index in [9.17, 15) is 9.59 Å². The lowest BCUT2D eigenvalue weighted by Crippen LogP contribution is -2.37. The molecule has 154 valence electrons. The number of amides is 2. The quantitative estimate of drug-likeness (QED) is 0.785. The van der Waals surface area contributed by atoms with Crippen LogP contribution >= 0.6 is 0 Å². The summed E-state index contributed by atoms with van der Waals surface area (Å²) in [5.41, 5.74) is 3.34. The molecule has 2 aliphatic heterocycles. The largest absolute Gasteiger partial charge is 0.360 e. The summed E-state index contributed by atoms with van der Waals surface area (Å²) in [4.78, 5) is 37.8. The molecule has 2 aromatic rings. The van der Waals surface area contributed by atoms with E-state index >= 15 is 0 Å². The molecule has 1 fully saturated rings. The molecule has 8 heteroatoms. The van der Waals surface area contributed by atoms with Crippen LogP contribution in [0.15, 0.2) is 10.7 Å². The second kappa shape index (κ2) is 7.93. The van der Waals surface area contributed by atoms with Crippen molar-refractivity contribution in [3.8, 4) is 0 Å². The van der Waals surface area contributed by atoms with E-state index < -0.39 is 0 Å². The van der Waals surface area contributed by atoms with Crippen molar-refractivity contribution in [2.75, 3.05) is 19.6 Å². The van der Waals surface area contributed by atoms with Crippen LogP contribution in [0.2, 0.25) is 0 Å². The number of nitrogens with zero attached hydrogens (tertiary/aromatic N) is 5. The molecular weight excluding hydrogens is 370 g/mol. The van der Waals surface area contributed by atoms with Gasteiger partial charge in [0.1, 0.15) is 17.1 Å². The van der Waals surface area contributed by atoms with E-state index in [2.05, 4.69) is 10.1 Å². The molecule has 4 heterocycles. The van der Waals surface area contributed by atoms with Crippen LogP contribution in [-0.2, 0) is 30.6 Å². The molecule has 0 radical (unpaired) electrons. The van der Waals surface area contributed by atoms with Crippen LogP contribution in [0.25, 0.3) is 0 Å². The van der Waals surface area contributed by atoms with Crippen molar-refractivity contribution in [3.05, 3.63) is 40.3 Å². The van der Waals surface area contributed by atoms with Crippen LogP contribution in [0, 0.1) is 0 Å². The topological polar surface area (TPSA) is 92.4 Å². The summed E-state index contributed by atoms with van der Waals surface area (Å²) < 4.78 is 5.37. The molecule has 0 bridgehead atoms. The van der Waals surface area contributed by atoms with Gasteiger partial charge in [0.15, 0.2) is 0 Å². The Hall–Kier alpha value is -2.77. The number of hydrogen-bond donors (Lipinski definition) is 0. The lowest BCUT2D eigenvalue weighted by molar-refractivity contribution is -0.127. The lowest BCUT2D eigenvalue weighted by Gasteiger charge is -2.28. The van der Waals surface area contributed by atoms with Gasteiger partial charge < -0.3 is 14.3 Å². The van der Waals surface area contributed by atoms with Crippen molar-refractivity contribution in [3.63, 3.8) is 0 Å². The van der Waals surface area contributed by atoms with Crippen LogP contribution in [0.3, 0.4) is 0 Å². The molecule has 0 aliphatic carbocycles. The Morgan fingerprint density at radius 2 is 2.03 bits per heavy atom. The summed E-state index contributed by atoms with van der Waals surface area (Å²) in [6.07, 6.45) is 4.76. The highest BCUT2D eigenvalue weighted by atomic mass is 16.5. The highest BCUT2D eigenvalue weighted by molar-refractivity contribution is 5.96. The van der Waals surface area contributed by atoms with Gasteiger partial charge in [-0.1, -0.05) is 19.0 Å². The number of carbonyl (C=O) groups is 2. The maximum atomic E-state index is 13.2. The van der Waals surface area contributed by atoms with E-state index in [0.717, 1.165) is 35.7 Å². The van der Waals surface area contributed by atoms with Gasteiger partial charge in [-0.2, -0.15) is 0 Å². The van der Waals surface area contributed by atoms with Crippen molar-refractivity contribution in [1.29, 1.82) is 0 Å². The average Bonchev–Trinajstić information content (AvgIpc) is 3.39. The Balaban J connectivity index is 1.51. The summed E-state index contributed by atoms with van der Waals surface area (Å²) in [5.74, 6) is 1.74. The second-order valence-electron chi connectivity index (χ2n) is 7.76. The number of likely N-dealkylation sites (tertiary alicyclic amines) is 1. The molecule has 2 aliphatic rings. The van der Waals surface area contributed by atoms with E-state index in [0.29, 0.717) is 50.2 Å². The van der Waals surface area contributed by atoms with Gasteiger partial charge in [-0.25, -0.2) is 9.97 Å². The first kappa shape index (κ1) is 19.5. The number of aromatic nitrogens is 3. The molecular formula is C21H27N5O3. The third-order valence-electron chi connectivity index (χ3n) is 5.94. The minimum atomic E-state index is -0.0254. The predicted molar refractivity (Wildman–Crippen MR) is 105 cm³/mol. The minimum Gasteiger partial charge on any atom is -0.360 e. The fourth-order valence-electron chi connectivity index (χ4n) is 4.20. The first-order valence-corrected chi connectivity index (χ1v) is 10.4. The van der Waals surface area contributed by atoms with E-state index in [-0.39, 0.29) is 17.7 Å². The SMILES string of the molecule is CCc1noc(CC)c1C(=O)N1CCc2nc([C@H]3CCN(C(C)=O)C3)ncc2C1. The summed E-state index contributed by atoms with van der Waals surface area (Å²) in [5, 5.41) is 4.06. The number of carbonyl (C=O) groups excluding carboxylic acids is 2. The predicted octanol–water partition coefficient (Wildman–Crippen LogP) is 2.12. The lowest BCUT2D eigenvalue weighted by atomic mass is 10.0. The number of rotatable bonds is 4. The van der Waals surface area contributed by atoms with Crippen molar-refractivity contribution >= 4 is 11.8 Å². The van der Waals surface area contributed by atoms with Crippen LogP contribution in [0.5, 0.6) is 0 Å². The zero-order valence-electron chi connectivity index (χ0n) is 17.3. The fraction of sp³-hybridized carbons (Fsp3) is 0.571. The fourth-order valence-corrected chi connectivity index (χ4v) is 4.20. The summed E-state index contributed by atoms with van der Waals surface area (Å²) in [7, 11) is 0. The highest BCUT2D eigenvalue weighted by Gasteiger charge is 2.31. The van der Waals surface area contributed by atoms with Crippen molar-refractivity contribution in [2.45, 2.75) is 58.9 Å². The Labute approximate surface area is 170 Å². The average molecular weight is 397 g/mol. The monoisotopic (exact) mass is 397 g/mol. The zero-order chi connectivity index (χ0) is 20.5. The Morgan fingerprint density at radius 3 is 2.72 bits per heavy atom. The maximum absolute atomic E-state index is 13.2. The molecule has 0 N–H and O–H groups in total. The molecule has 0 spiro atoms. The molecule has 2 aromatic heterocycles. The van der Waals surface area contributed by atoms with Gasteiger partial charge in [0.25, 0.3) is 5.91 Å². The minimum absolute atomic E-state index is 0.0254. The Morgan fingerprint density at radius 1 is 1.21 bits per heavy atom. The van der Waals surface area contributed by atoms with Crippen LogP contribution in [0.1, 0.15) is 72.0 Å². The third-order valence-corrected chi connectivity index (χ3v) is 5.94. The van der Waals surface area contributed by atoms with Crippen LogP contribution < -0.4 is 0 Å². The van der Waals surface area contributed by atoms with Gasteiger partial charge in [-0.3, -0.25) is 9.59 Å². The van der Waals surface area contributed by atoms with Gasteiger partial charge in [-0.05, 0) is 12.8 Å². The number of hydrogen-bond acceptors (Lipinski definition) is 6. The standard InChI is InChI=1S/C21H27N5O3/c1-4-16-19(18(5-2)29-24-16)21(28)26-9-7-17-15(12-26)10-22-20(23-17)14-6-8-25(11-14)13(3)27/h10,14H,4-9,11-12H2,1-3H3/t14-/m0/s1. The first-order chi connectivity index (χ1) is 14.0. The van der Waals surface area contributed by atoms with E-state index in [1.165, 1.54) is 0 Å². The normalized spacial score (nSPS) is 18.8. The molecule has 0 unspecified atom stereocenters. The molecule has 1 saturated heterocycles. The second-order valence-corrected chi connectivity index (χ2v) is 7.76. The first-order valence-electron chi connectivity index (χ1n) is 10.4. The zero-order valence-corrected chi connectivity index (χ0v) is 17.3. The molecule has 0 saturated carbocycles. The van der Waals surface area contributed by atoms with Gasteiger partial charge in [0.05, 0.1) is 11.4 Å². The molecule has 0 aromatic carbocycles. The van der Waals surface area contributed by atoms with Crippen molar-refractivity contribution < 1.29 is 14.1 Å². The highest BCUT2D eigenvalue weighted by Crippen LogP contribution is 2.27. The number of aryl methyl sites for hydroxylation is 2.